The van der Waals surface area contributed by atoms with Crippen LogP contribution in [0.4, 0.5) is 11.4 Å². The van der Waals surface area contributed by atoms with Crippen molar-refractivity contribution in [2.75, 3.05) is 51.1 Å². The summed E-state index contributed by atoms with van der Waals surface area (Å²) in [6.45, 7) is 6.91. The monoisotopic (exact) mass is 413 g/mol. The summed E-state index contributed by atoms with van der Waals surface area (Å²) in [6, 6.07) is 11.4. The molecule has 0 aromatic heterocycles. The molecule has 0 aliphatic heterocycles. The second kappa shape index (κ2) is 11.3. The number of aryl methyl sites for hydroxylation is 2. The van der Waals surface area contributed by atoms with Crippen LogP contribution in [-0.2, 0) is 14.3 Å². The normalized spacial score (nSPS) is 10.7. The number of methoxy groups -OCH3 is 2. The molecule has 7 nitrogen and oxygen atoms in total. The molecule has 0 aliphatic rings. The standard InChI is InChI=1S/C23H31N3O4/c1-16-9-10-21(30-5)20(13-16)25-23(28)15-26(11-12-29-4)14-22(27)24-19-8-6-7-17(2)18(19)3/h6-10,13H,11-12,14-15H2,1-5H3,(H,24,27)(H,25,28). The van der Waals surface area contributed by atoms with E-state index in [1.54, 1.807) is 19.1 Å². The van der Waals surface area contributed by atoms with E-state index in [2.05, 4.69) is 10.6 Å². The van der Waals surface area contributed by atoms with Crippen LogP contribution >= 0.6 is 0 Å². The van der Waals surface area contributed by atoms with E-state index in [1.807, 2.05) is 57.2 Å². The summed E-state index contributed by atoms with van der Waals surface area (Å²) in [6.07, 6.45) is 0. The highest BCUT2D eigenvalue weighted by Gasteiger charge is 2.17. The number of carbonyl (C=O) groups excluding carboxylic acids is 2. The van der Waals surface area contributed by atoms with E-state index in [-0.39, 0.29) is 24.9 Å². The molecule has 0 aliphatic carbocycles. The van der Waals surface area contributed by atoms with Gasteiger partial charge in [0, 0.05) is 19.3 Å². The molecule has 2 rings (SSSR count). The number of carbonyl (C=O) groups is 2. The minimum absolute atomic E-state index is 0.0562. The molecule has 0 bridgehead atoms. The Hall–Kier alpha value is -2.90. The topological polar surface area (TPSA) is 79.9 Å². The summed E-state index contributed by atoms with van der Waals surface area (Å²) in [5.41, 5.74) is 4.53. The Morgan fingerprint density at radius 3 is 2.23 bits per heavy atom. The number of ether oxygens (including phenoxy) is 2. The molecule has 0 heterocycles. The van der Waals surface area contributed by atoms with Gasteiger partial charge in [-0.25, -0.2) is 0 Å². The van der Waals surface area contributed by atoms with E-state index >= 15 is 0 Å². The van der Waals surface area contributed by atoms with Crippen molar-refractivity contribution >= 4 is 23.2 Å². The molecule has 2 amide bonds. The maximum absolute atomic E-state index is 12.6. The third-order valence-electron chi connectivity index (χ3n) is 4.85. The van der Waals surface area contributed by atoms with Gasteiger partial charge in [-0.1, -0.05) is 18.2 Å². The lowest BCUT2D eigenvalue weighted by molar-refractivity contribution is -0.120. The van der Waals surface area contributed by atoms with E-state index < -0.39 is 0 Å². The van der Waals surface area contributed by atoms with E-state index in [0.717, 1.165) is 22.4 Å². The highest BCUT2D eigenvalue weighted by atomic mass is 16.5. The Morgan fingerprint density at radius 2 is 1.60 bits per heavy atom. The van der Waals surface area contributed by atoms with Crippen LogP contribution in [0.5, 0.6) is 5.75 Å². The first-order valence-corrected chi connectivity index (χ1v) is 9.86. The van der Waals surface area contributed by atoms with Gasteiger partial charge in [-0.15, -0.1) is 0 Å². The first-order chi connectivity index (χ1) is 14.3. The molecule has 2 aromatic carbocycles. The van der Waals surface area contributed by atoms with Gasteiger partial charge in [0.1, 0.15) is 5.75 Å². The Kier molecular flexibility index (Phi) is 8.83. The van der Waals surface area contributed by atoms with Crippen LogP contribution in [-0.4, -0.2) is 57.2 Å². The second-order valence-electron chi connectivity index (χ2n) is 7.25. The van der Waals surface area contributed by atoms with Crippen molar-refractivity contribution in [1.82, 2.24) is 4.90 Å². The van der Waals surface area contributed by atoms with Crippen molar-refractivity contribution in [3.8, 4) is 5.75 Å². The molecule has 0 unspecified atom stereocenters. The minimum atomic E-state index is -0.227. The lowest BCUT2D eigenvalue weighted by Crippen LogP contribution is -2.40. The molecule has 0 saturated carbocycles. The Balaban J connectivity index is 2.02. The van der Waals surface area contributed by atoms with Crippen LogP contribution in [0.1, 0.15) is 16.7 Å². The highest BCUT2D eigenvalue weighted by molar-refractivity contribution is 5.95. The van der Waals surface area contributed by atoms with Crippen LogP contribution in [0, 0.1) is 20.8 Å². The first-order valence-electron chi connectivity index (χ1n) is 9.86. The van der Waals surface area contributed by atoms with Crippen molar-refractivity contribution in [1.29, 1.82) is 0 Å². The summed E-state index contributed by atoms with van der Waals surface area (Å²) in [4.78, 5) is 27.0. The molecular formula is C23H31N3O4. The fourth-order valence-corrected chi connectivity index (χ4v) is 3.03. The van der Waals surface area contributed by atoms with Crippen molar-refractivity contribution in [2.45, 2.75) is 20.8 Å². The van der Waals surface area contributed by atoms with Gasteiger partial charge in [0.25, 0.3) is 0 Å². The Morgan fingerprint density at radius 1 is 0.933 bits per heavy atom. The van der Waals surface area contributed by atoms with E-state index in [9.17, 15) is 9.59 Å². The van der Waals surface area contributed by atoms with Gasteiger partial charge in [-0.05, 0) is 55.7 Å². The predicted octanol–water partition coefficient (Wildman–Crippen LogP) is 3.15. The van der Waals surface area contributed by atoms with Gasteiger partial charge in [0.15, 0.2) is 0 Å². The molecular weight excluding hydrogens is 382 g/mol. The van der Waals surface area contributed by atoms with Crippen molar-refractivity contribution in [2.24, 2.45) is 0 Å². The number of nitrogens with zero attached hydrogens (tertiary/aromatic N) is 1. The lowest BCUT2D eigenvalue weighted by Gasteiger charge is -2.22. The number of rotatable bonds is 10. The average molecular weight is 414 g/mol. The molecule has 0 radical (unpaired) electrons. The summed E-state index contributed by atoms with van der Waals surface area (Å²) < 4.78 is 10.4. The first kappa shape index (κ1) is 23.4. The number of hydrogen-bond donors (Lipinski definition) is 2. The van der Waals surface area contributed by atoms with E-state index in [4.69, 9.17) is 9.47 Å². The molecule has 2 N–H and O–H groups in total. The maximum Gasteiger partial charge on any atom is 0.238 e. The van der Waals surface area contributed by atoms with Crippen LogP contribution in [0.15, 0.2) is 36.4 Å². The smallest absolute Gasteiger partial charge is 0.238 e. The Bertz CT molecular complexity index is 883. The van der Waals surface area contributed by atoms with Gasteiger partial charge in [-0.2, -0.15) is 0 Å². The van der Waals surface area contributed by atoms with Gasteiger partial charge in [0.05, 0.1) is 32.5 Å². The summed E-state index contributed by atoms with van der Waals surface area (Å²) >= 11 is 0. The third kappa shape index (κ3) is 6.86. The van der Waals surface area contributed by atoms with Crippen molar-refractivity contribution < 1.29 is 19.1 Å². The number of benzene rings is 2. The molecule has 0 fully saturated rings. The fourth-order valence-electron chi connectivity index (χ4n) is 3.03. The van der Waals surface area contributed by atoms with Crippen molar-refractivity contribution in [3.63, 3.8) is 0 Å². The predicted molar refractivity (Wildman–Crippen MR) is 119 cm³/mol. The van der Waals surface area contributed by atoms with Gasteiger partial charge in [-0.3, -0.25) is 14.5 Å². The Labute approximate surface area is 178 Å². The maximum atomic E-state index is 12.6. The van der Waals surface area contributed by atoms with Gasteiger partial charge < -0.3 is 20.1 Å². The fraction of sp³-hybridized carbons (Fsp3) is 0.391. The molecule has 2 aromatic rings. The largest absolute Gasteiger partial charge is 0.495 e. The molecule has 0 atom stereocenters. The third-order valence-corrected chi connectivity index (χ3v) is 4.85. The van der Waals surface area contributed by atoms with Crippen LogP contribution in [0.3, 0.4) is 0 Å². The lowest BCUT2D eigenvalue weighted by atomic mass is 10.1. The van der Waals surface area contributed by atoms with Crippen LogP contribution in [0.2, 0.25) is 0 Å². The zero-order valence-corrected chi connectivity index (χ0v) is 18.4. The average Bonchev–Trinajstić information content (AvgIpc) is 2.69. The molecule has 0 spiro atoms. The zero-order valence-electron chi connectivity index (χ0n) is 18.4. The van der Waals surface area contributed by atoms with Crippen molar-refractivity contribution in [3.05, 3.63) is 53.1 Å². The minimum Gasteiger partial charge on any atom is -0.495 e. The molecule has 30 heavy (non-hydrogen) atoms. The van der Waals surface area contributed by atoms with E-state index in [1.165, 1.54) is 0 Å². The van der Waals surface area contributed by atoms with Crippen LogP contribution < -0.4 is 15.4 Å². The van der Waals surface area contributed by atoms with Crippen LogP contribution in [0.25, 0.3) is 0 Å². The second-order valence-corrected chi connectivity index (χ2v) is 7.25. The number of anilines is 2. The number of nitrogens with one attached hydrogen (secondary N) is 2. The quantitative estimate of drug-likeness (QED) is 0.626. The SMILES string of the molecule is COCCN(CC(=O)Nc1cc(C)ccc1OC)CC(=O)Nc1cccc(C)c1C. The summed E-state index contributed by atoms with van der Waals surface area (Å²) in [5.74, 6) is 0.181. The number of amides is 2. The summed E-state index contributed by atoms with van der Waals surface area (Å²) in [7, 11) is 3.15. The molecule has 0 saturated heterocycles. The number of hydrogen-bond acceptors (Lipinski definition) is 5. The van der Waals surface area contributed by atoms with E-state index in [0.29, 0.717) is 24.6 Å². The zero-order chi connectivity index (χ0) is 22.1. The highest BCUT2D eigenvalue weighted by Crippen LogP contribution is 2.25. The van der Waals surface area contributed by atoms with Gasteiger partial charge >= 0.3 is 0 Å². The summed E-state index contributed by atoms with van der Waals surface area (Å²) in [5, 5.41) is 5.80. The van der Waals surface area contributed by atoms with Gasteiger partial charge in [0.2, 0.25) is 11.8 Å². The molecule has 7 heteroatoms. The molecule has 162 valence electrons.